The molecular weight excluding hydrogens is 278 g/mol. The van der Waals surface area contributed by atoms with Crippen molar-refractivity contribution >= 4 is 17.5 Å². The maximum Gasteiger partial charge on any atom is 0.251 e. The van der Waals surface area contributed by atoms with Crippen LogP contribution >= 0.6 is 0 Å². The molecule has 1 aliphatic rings. The molecular formula is C17H26N3O2+. The number of rotatable bonds is 7. The molecule has 0 saturated carbocycles. The average molecular weight is 304 g/mol. The lowest BCUT2D eigenvalue weighted by molar-refractivity contribution is -0.895. The van der Waals surface area contributed by atoms with Crippen molar-refractivity contribution in [2.75, 3.05) is 37.6 Å². The van der Waals surface area contributed by atoms with E-state index < -0.39 is 0 Å². The third-order valence-electron chi connectivity index (χ3n) is 4.28. The molecule has 0 radical (unpaired) electrons. The summed E-state index contributed by atoms with van der Waals surface area (Å²) in [6.07, 6.45) is 1.53. The quantitative estimate of drug-likeness (QED) is 0.769. The van der Waals surface area contributed by atoms with Crippen molar-refractivity contribution in [2.24, 2.45) is 0 Å². The number of benzene rings is 1. The fourth-order valence-corrected chi connectivity index (χ4v) is 2.77. The zero-order chi connectivity index (χ0) is 15.9. The lowest BCUT2D eigenvalue weighted by atomic mass is 10.2. The highest BCUT2D eigenvalue weighted by atomic mass is 16.2. The number of hydrogen-bond acceptors (Lipinski definition) is 2. The lowest BCUT2D eigenvalue weighted by Gasteiger charge is -2.16. The first-order valence-electron chi connectivity index (χ1n) is 8.18. The van der Waals surface area contributed by atoms with E-state index in [9.17, 15) is 9.59 Å². The van der Waals surface area contributed by atoms with Crippen molar-refractivity contribution in [3.8, 4) is 0 Å². The van der Waals surface area contributed by atoms with Crippen LogP contribution in [-0.2, 0) is 4.79 Å². The Balaban J connectivity index is 1.87. The SMILES string of the molecule is CC[NH+](CC)CCNC(=O)c1ccc(N2CCCC2=O)cc1. The fraction of sp³-hybridized carbons (Fsp3) is 0.529. The number of carbonyl (C=O) groups is 2. The molecule has 1 saturated heterocycles. The van der Waals surface area contributed by atoms with E-state index in [0.717, 1.165) is 38.3 Å². The fourth-order valence-electron chi connectivity index (χ4n) is 2.77. The van der Waals surface area contributed by atoms with Crippen LogP contribution < -0.4 is 15.1 Å². The lowest BCUT2D eigenvalue weighted by Crippen LogP contribution is -3.12. The summed E-state index contributed by atoms with van der Waals surface area (Å²) >= 11 is 0. The van der Waals surface area contributed by atoms with Crippen molar-refractivity contribution in [3.05, 3.63) is 29.8 Å². The Morgan fingerprint density at radius 1 is 1.23 bits per heavy atom. The third kappa shape index (κ3) is 4.07. The standard InChI is InChI=1S/C17H25N3O2/c1-3-19(4-2)13-11-18-17(22)14-7-9-15(10-8-14)20-12-5-6-16(20)21/h7-10H,3-6,11-13H2,1-2H3,(H,18,22)/p+1. The van der Waals surface area contributed by atoms with Crippen LogP contribution in [0.3, 0.4) is 0 Å². The molecule has 0 aliphatic carbocycles. The van der Waals surface area contributed by atoms with E-state index in [1.54, 1.807) is 17.0 Å². The number of anilines is 1. The van der Waals surface area contributed by atoms with Gasteiger partial charge in [-0.15, -0.1) is 0 Å². The van der Waals surface area contributed by atoms with Gasteiger partial charge in [-0.2, -0.15) is 0 Å². The van der Waals surface area contributed by atoms with Crippen molar-refractivity contribution in [1.82, 2.24) is 5.32 Å². The highest BCUT2D eigenvalue weighted by molar-refractivity contribution is 5.97. The summed E-state index contributed by atoms with van der Waals surface area (Å²) in [6, 6.07) is 7.29. The molecule has 1 heterocycles. The van der Waals surface area contributed by atoms with Crippen LogP contribution in [-0.4, -0.2) is 44.5 Å². The molecule has 2 amide bonds. The normalized spacial score (nSPS) is 14.7. The third-order valence-corrected chi connectivity index (χ3v) is 4.28. The minimum atomic E-state index is -0.0501. The molecule has 5 heteroatoms. The van der Waals surface area contributed by atoms with E-state index in [2.05, 4.69) is 19.2 Å². The molecule has 1 fully saturated rings. The second-order valence-electron chi connectivity index (χ2n) is 5.66. The molecule has 1 aromatic carbocycles. The highest BCUT2D eigenvalue weighted by Gasteiger charge is 2.21. The molecule has 0 spiro atoms. The molecule has 120 valence electrons. The summed E-state index contributed by atoms with van der Waals surface area (Å²) in [7, 11) is 0. The van der Waals surface area contributed by atoms with Crippen LogP contribution in [0.15, 0.2) is 24.3 Å². The van der Waals surface area contributed by atoms with Gasteiger partial charge in [0.1, 0.15) is 0 Å². The molecule has 0 aromatic heterocycles. The first kappa shape index (κ1) is 16.5. The topological polar surface area (TPSA) is 53.9 Å². The van der Waals surface area contributed by atoms with Gasteiger partial charge in [0.25, 0.3) is 5.91 Å². The van der Waals surface area contributed by atoms with E-state index >= 15 is 0 Å². The molecule has 1 aromatic rings. The number of quaternary nitrogens is 1. The Labute approximate surface area is 132 Å². The molecule has 1 aliphatic heterocycles. The maximum atomic E-state index is 12.1. The van der Waals surface area contributed by atoms with Gasteiger partial charge >= 0.3 is 0 Å². The van der Waals surface area contributed by atoms with Crippen LogP contribution in [0.2, 0.25) is 0 Å². The summed E-state index contributed by atoms with van der Waals surface area (Å²) < 4.78 is 0. The van der Waals surface area contributed by atoms with Gasteiger partial charge in [-0.3, -0.25) is 9.59 Å². The number of amides is 2. The molecule has 0 unspecified atom stereocenters. The van der Waals surface area contributed by atoms with Gasteiger partial charge in [0.2, 0.25) is 5.91 Å². The van der Waals surface area contributed by atoms with Crippen LogP contribution in [0.1, 0.15) is 37.0 Å². The molecule has 2 rings (SSSR count). The van der Waals surface area contributed by atoms with Crippen molar-refractivity contribution in [2.45, 2.75) is 26.7 Å². The monoisotopic (exact) mass is 304 g/mol. The first-order valence-corrected chi connectivity index (χ1v) is 8.18. The summed E-state index contributed by atoms with van der Waals surface area (Å²) in [5, 5.41) is 2.96. The van der Waals surface area contributed by atoms with E-state index in [-0.39, 0.29) is 11.8 Å². The Morgan fingerprint density at radius 2 is 1.91 bits per heavy atom. The number of carbonyl (C=O) groups excluding carboxylic acids is 2. The van der Waals surface area contributed by atoms with E-state index in [1.807, 2.05) is 12.1 Å². The molecule has 22 heavy (non-hydrogen) atoms. The van der Waals surface area contributed by atoms with Crippen LogP contribution in [0, 0.1) is 0 Å². The minimum Gasteiger partial charge on any atom is -0.346 e. The van der Waals surface area contributed by atoms with E-state index in [1.165, 1.54) is 4.90 Å². The second-order valence-corrected chi connectivity index (χ2v) is 5.66. The molecule has 0 bridgehead atoms. The van der Waals surface area contributed by atoms with E-state index in [0.29, 0.717) is 18.5 Å². The van der Waals surface area contributed by atoms with Gasteiger partial charge in [-0.1, -0.05) is 0 Å². The summed E-state index contributed by atoms with van der Waals surface area (Å²) in [5.74, 6) is 0.116. The number of nitrogens with zero attached hydrogens (tertiary/aromatic N) is 1. The summed E-state index contributed by atoms with van der Waals surface area (Å²) in [5.41, 5.74) is 1.52. The Bertz CT molecular complexity index is 509. The van der Waals surface area contributed by atoms with Gasteiger partial charge in [-0.05, 0) is 44.5 Å². The molecule has 5 nitrogen and oxygen atoms in total. The Morgan fingerprint density at radius 3 is 2.45 bits per heavy atom. The van der Waals surface area contributed by atoms with Gasteiger partial charge in [0.15, 0.2) is 0 Å². The van der Waals surface area contributed by atoms with Crippen LogP contribution in [0.5, 0.6) is 0 Å². The van der Waals surface area contributed by atoms with Crippen molar-refractivity contribution < 1.29 is 14.5 Å². The minimum absolute atomic E-state index is 0.0501. The molecule has 2 N–H and O–H groups in total. The largest absolute Gasteiger partial charge is 0.346 e. The highest BCUT2D eigenvalue weighted by Crippen LogP contribution is 2.21. The van der Waals surface area contributed by atoms with Gasteiger partial charge < -0.3 is 15.1 Å². The van der Waals surface area contributed by atoms with Crippen molar-refractivity contribution in [3.63, 3.8) is 0 Å². The number of nitrogens with one attached hydrogen (secondary N) is 2. The second kappa shape index (κ2) is 7.94. The van der Waals surface area contributed by atoms with Crippen LogP contribution in [0.25, 0.3) is 0 Å². The average Bonchev–Trinajstić information content (AvgIpc) is 2.97. The Hall–Kier alpha value is -1.88. The predicted molar refractivity (Wildman–Crippen MR) is 87.3 cm³/mol. The summed E-state index contributed by atoms with van der Waals surface area (Å²) in [6.45, 7) is 8.85. The number of hydrogen-bond donors (Lipinski definition) is 2. The maximum absolute atomic E-state index is 12.1. The van der Waals surface area contributed by atoms with Gasteiger partial charge in [-0.25, -0.2) is 0 Å². The van der Waals surface area contributed by atoms with Gasteiger partial charge in [0.05, 0.1) is 26.2 Å². The predicted octanol–water partition coefficient (Wildman–Crippen LogP) is 0.468. The first-order chi connectivity index (χ1) is 10.7. The summed E-state index contributed by atoms with van der Waals surface area (Å²) in [4.78, 5) is 27.1. The smallest absolute Gasteiger partial charge is 0.251 e. The zero-order valence-corrected chi connectivity index (χ0v) is 13.5. The zero-order valence-electron chi connectivity index (χ0n) is 13.5. The Kier molecular flexibility index (Phi) is 5.95. The van der Waals surface area contributed by atoms with Crippen LogP contribution in [0.4, 0.5) is 5.69 Å². The number of likely N-dealkylation sites (N-methyl/N-ethyl adjacent to an activating group) is 1. The van der Waals surface area contributed by atoms with Gasteiger partial charge in [0, 0.05) is 24.2 Å². The van der Waals surface area contributed by atoms with E-state index in [4.69, 9.17) is 0 Å². The molecule has 0 atom stereocenters. The van der Waals surface area contributed by atoms with Crippen molar-refractivity contribution in [1.29, 1.82) is 0 Å².